The van der Waals surface area contributed by atoms with Gasteiger partial charge in [-0.1, -0.05) is 38.2 Å². The number of cyclic esters (lactones) is 1. The molecule has 2 saturated heterocycles. The van der Waals surface area contributed by atoms with E-state index in [0.717, 1.165) is 0 Å². The van der Waals surface area contributed by atoms with Crippen LogP contribution in [0.3, 0.4) is 0 Å². The third-order valence-corrected chi connectivity index (χ3v) is 8.13. The van der Waals surface area contributed by atoms with Gasteiger partial charge in [0.2, 0.25) is 17.7 Å². The van der Waals surface area contributed by atoms with Crippen molar-refractivity contribution in [3.63, 3.8) is 0 Å². The Morgan fingerprint density at radius 1 is 1.15 bits per heavy atom. The van der Waals surface area contributed by atoms with Crippen molar-refractivity contribution in [1.29, 1.82) is 0 Å². The number of hydrogen-bond donors (Lipinski definition) is 2. The maximum absolute atomic E-state index is 14.4. The molecule has 0 aromatic rings. The molecule has 0 unspecified atom stereocenters. The molecule has 7 atom stereocenters. The lowest BCUT2D eigenvalue weighted by Crippen LogP contribution is -2.60. The number of carbonyl (C=O) groups excluding carboxylic acids is 4. The summed E-state index contributed by atoms with van der Waals surface area (Å²) in [7, 11) is 0. The monoisotopic (exact) mass is 545 g/mol. The number of hydrogen-bond acceptors (Lipinski definition) is 7. The number of amides is 3. The van der Waals surface area contributed by atoms with Crippen LogP contribution in [0, 0.1) is 17.8 Å². The molecule has 0 aromatic heterocycles. The van der Waals surface area contributed by atoms with Gasteiger partial charge in [0.15, 0.2) is 0 Å². The van der Waals surface area contributed by atoms with Crippen molar-refractivity contribution in [2.45, 2.75) is 96.2 Å². The van der Waals surface area contributed by atoms with E-state index in [1.807, 2.05) is 40.7 Å². The molecule has 4 rings (SSSR count). The SMILES string of the molecule is CC(C)C[C@H](CO)N1C(=O)[C@H]2[C@@H]3C(=O)O[C@@H](C)CNC(=O)CC/C=C\[C@@H]3O[C@]23C=CCN(C(C)(C)C)C(=O)[C@H]13. The van der Waals surface area contributed by atoms with Gasteiger partial charge in [0.05, 0.1) is 31.2 Å². The smallest absolute Gasteiger partial charge is 0.313 e. The van der Waals surface area contributed by atoms with Gasteiger partial charge in [-0.25, -0.2) is 0 Å². The molecule has 0 radical (unpaired) electrons. The summed E-state index contributed by atoms with van der Waals surface area (Å²) in [6, 6.07) is -1.66. The van der Waals surface area contributed by atoms with Crippen LogP contribution in [-0.2, 0) is 28.7 Å². The van der Waals surface area contributed by atoms with Crippen molar-refractivity contribution < 1.29 is 33.8 Å². The summed E-state index contributed by atoms with van der Waals surface area (Å²) in [6.07, 6.45) is 6.90. The quantitative estimate of drug-likeness (QED) is 0.406. The maximum atomic E-state index is 14.4. The second-order valence-corrected chi connectivity index (χ2v) is 12.6. The van der Waals surface area contributed by atoms with Crippen LogP contribution in [0.2, 0.25) is 0 Å². The van der Waals surface area contributed by atoms with E-state index in [1.165, 1.54) is 4.90 Å². The van der Waals surface area contributed by atoms with E-state index in [2.05, 4.69) is 5.32 Å². The number of allylic oxidation sites excluding steroid dienone is 1. The molecule has 0 saturated carbocycles. The van der Waals surface area contributed by atoms with Gasteiger partial charge in [0.1, 0.15) is 23.7 Å². The Kier molecular flexibility index (Phi) is 8.28. The van der Waals surface area contributed by atoms with E-state index in [0.29, 0.717) is 19.4 Å². The first-order valence-corrected chi connectivity index (χ1v) is 14.1. The van der Waals surface area contributed by atoms with E-state index in [9.17, 15) is 24.3 Å². The van der Waals surface area contributed by atoms with Gasteiger partial charge >= 0.3 is 5.97 Å². The van der Waals surface area contributed by atoms with Gasteiger partial charge in [0.25, 0.3) is 0 Å². The van der Waals surface area contributed by atoms with Gasteiger partial charge in [0, 0.05) is 18.5 Å². The van der Waals surface area contributed by atoms with E-state index in [-0.39, 0.29) is 43.2 Å². The van der Waals surface area contributed by atoms with E-state index in [4.69, 9.17) is 9.47 Å². The lowest BCUT2D eigenvalue weighted by Gasteiger charge is -2.42. The number of rotatable bonds is 4. The van der Waals surface area contributed by atoms with Crippen LogP contribution in [0.4, 0.5) is 0 Å². The third-order valence-electron chi connectivity index (χ3n) is 8.13. The molecule has 10 heteroatoms. The average molecular weight is 546 g/mol. The Bertz CT molecular complexity index is 1050. The number of ether oxygens (including phenoxy) is 2. The number of aliphatic hydroxyl groups is 1. The predicted octanol–water partition coefficient (Wildman–Crippen LogP) is 1.57. The number of aliphatic hydroxyl groups excluding tert-OH is 1. The number of fused-ring (bicyclic) bond motifs is 2. The van der Waals surface area contributed by atoms with E-state index >= 15 is 0 Å². The molecule has 0 bridgehead atoms. The second-order valence-electron chi connectivity index (χ2n) is 12.6. The molecule has 10 nitrogen and oxygen atoms in total. The Hall–Kier alpha value is -2.72. The van der Waals surface area contributed by atoms with Crippen molar-refractivity contribution in [3.05, 3.63) is 24.3 Å². The van der Waals surface area contributed by atoms with Crippen LogP contribution in [0.15, 0.2) is 24.3 Å². The highest BCUT2D eigenvalue weighted by Crippen LogP contribution is 2.54. The van der Waals surface area contributed by atoms with Crippen LogP contribution in [0.1, 0.15) is 60.8 Å². The summed E-state index contributed by atoms with van der Waals surface area (Å²) >= 11 is 0. The number of likely N-dealkylation sites (tertiary alicyclic amines) is 1. The normalized spacial score (nSPS) is 35.3. The lowest BCUT2D eigenvalue weighted by molar-refractivity contribution is -0.160. The van der Waals surface area contributed by atoms with Crippen LogP contribution >= 0.6 is 0 Å². The molecule has 39 heavy (non-hydrogen) atoms. The summed E-state index contributed by atoms with van der Waals surface area (Å²) in [6.45, 7) is 11.7. The molecule has 4 aliphatic rings. The molecular formula is C29H43N3O7. The van der Waals surface area contributed by atoms with E-state index < -0.39 is 53.2 Å². The molecule has 3 amide bonds. The molecule has 2 N–H and O–H groups in total. The Morgan fingerprint density at radius 2 is 1.87 bits per heavy atom. The lowest BCUT2D eigenvalue weighted by atomic mass is 9.77. The Morgan fingerprint density at radius 3 is 2.51 bits per heavy atom. The van der Waals surface area contributed by atoms with Crippen LogP contribution < -0.4 is 5.32 Å². The molecule has 4 heterocycles. The summed E-state index contributed by atoms with van der Waals surface area (Å²) in [5, 5.41) is 13.2. The van der Waals surface area contributed by atoms with Crippen LogP contribution in [-0.4, -0.2) is 93.7 Å². The van der Waals surface area contributed by atoms with Crippen LogP contribution in [0.5, 0.6) is 0 Å². The first-order valence-electron chi connectivity index (χ1n) is 14.1. The first-order chi connectivity index (χ1) is 18.3. The minimum atomic E-state index is -1.41. The van der Waals surface area contributed by atoms with Gasteiger partial charge < -0.3 is 29.7 Å². The summed E-state index contributed by atoms with van der Waals surface area (Å²) < 4.78 is 12.4. The second kappa shape index (κ2) is 11.0. The van der Waals surface area contributed by atoms with Gasteiger partial charge in [-0.3, -0.25) is 19.2 Å². The first kappa shape index (κ1) is 29.3. The highest BCUT2D eigenvalue weighted by molar-refractivity contribution is 5.99. The zero-order chi connectivity index (χ0) is 28.7. The molecule has 4 aliphatic heterocycles. The average Bonchev–Trinajstić information content (AvgIpc) is 3.23. The minimum Gasteiger partial charge on any atom is -0.460 e. The number of esters is 1. The summed E-state index contributed by atoms with van der Waals surface area (Å²) in [5.74, 6) is -3.26. The number of nitrogens with one attached hydrogen (secondary N) is 1. The van der Waals surface area contributed by atoms with Crippen molar-refractivity contribution in [2.24, 2.45) is 17.8 Å². The molecule has 0 aromatic carbocycles. The zero-order valence-corrected chi connectivity index (χ0v) is 23.9. The highest BCUT2D eigenvalue weighted by atomic mass is 16.6. The minimum absolute atomic E-state index is 0.145. The molecule has 0 aliphatic carbocycles. The van der Waals surface area contributed by atoms with Crippen molar-refractivity contribution >= 4 is 23.7 Å². The van der Waals surface area contributed by atoms with E-state index in [1.54, 1.807) is 30.1 Å². The Balaban J connectivity index is 1.85. The number of carbonyl (C=O) groups is 4. The Labute approximate surface area is 230 Å². The predicted molar refractivity (Wildman–Crippen MR) is 143 cm³/mol. The van der Waals surface area contributed by atoms with Crippen LogP contribution in [0.25, 0.3) is 0 Å². The standard InChI is InChI=1S/C29H43N3O7/c1-17(2)14-19(16-33)32-24-26(36)31(28(4,5)6)13-9-12-29(24)23(25(32)35)22-20(39-29)10-7-8-11-21(34)30-15-18(3)38-27(22)37/h7,9-10,12,17-20,22-24,33H,8,11,13-16H2,1-6H3,(H,30,34)/b10-7-/t18-,19+,20-,22+,23+,24-,29+/m0/s1. The van der Waals surface area contributed by atoms with Crippen molar-refractivity contribution in [1.82, 2.24) is 15.1 Å². The molecule has 2 fully saturated rings. The summed E-state index contributed by atoms with van der Waals surface area (Å²) in [4.78, 5) is 57.7. The third kappa shape index (κ3) is 5.37. The van der Waals surface area contributed by atoms with Crippen molar-refractivity contribution in [3.8, 4) is 0 Å². The van der Waals surface area contributed by atoms with Gasteiger partial charge in [-0.15, -0.1) is 0 Å². The fourth-order valence-corrected chi connectivity index (χ4v) is 6.42. The van der Waals surface area contributed by atoms with Gasteiger partial charge in [-0.05, 0) is 46.5 Å². The fourth-order valence-electron chi connectivity index (χ4n) is 6.42. The summed E-state index contributed by atoms with van der Waals surface area (Å²) in [5.41, 5.74) is -1.94. The molecule has 1 spiro atoms. The highest BCUT2D eigenvalue weighted by Gasteiger charge is 2.72. The topological polar surface area (TPSA) is 125 Å². The largest absolute Gasteiger partial charge is 0.460 e. The maximum Gasteiger partial charge on any atom is 0.313 e. The van der Waals surface area contributed by atoms with Gasteiger partial charge in [-0.2, -0.15) is 0 Å². The van der Waals surface area contributed by atoms with Crippen molar-refractivity contribution in [2.75, 3.05) is 19.7 Å². The zero-order valence-electron chi connectivity index (χ0n) is 23.9. The fraction of sp³-hybridized carbons (Fsp3) is 0.724. The molecular weight excluding hydrogens is 502 g/mol. The molecule has 216 valence electrons. The number of nitrogens with zero attached hydrogens (tertiary/aromatic N) is 2.